The monoisotopic (exact) mass is 454 g/mol. The van der Waals surface area contributed by atoms with Crippen molar-refractivity contribution in [1.82, 2.24) is 24.6 Å². The van der Waals surface area contributed by atoms with Gasteiger partial charge < -0.3 is 9.80 Å². The molecule has 2 aromatic heterocycles. The highest BCUT2D eigenvalue weighted by molar-refractivity contribution is 5.91. The van der Waals surface area contributed by atoms with Crippen LogP contribution in [0.1, 0.15) is 30.4 Å². The van der Waals surface area contributed by atoms with Crippen molar-refractivity contribution < 1.29 is 4.79 Å². The van der Waals surface area contributed by atoms with E-state index in [2.05, 4.69) is 11.8 Å². The molecule has 0 N–H and O–H groups in total. The van der Waals surface area contributed by atoms with Crippen molar-refractivity contribution >= 4 is 22.8 Å². The maximum absolute atomic E-state index is 12.8. The highest BCUT2D eigenvalue weighted by atomic mass is 16.2. The molecule has 174 valence electrons. The van der Waals surface area contributed by atoms with Crippen LogP contribution in [0, 0.1) is 6.92 Å². The van der Waals surface area contributed by atoms with Gasteiger partial charge in [-0.05, 0) is 31.0 Å². The quantitative estimate of drug-likeness (QED) is 0.441. The van der Waals surface area contributed by atoms with Crippen LogP contribution in [0.4, 0.5) is 5.82 Å². The lowest BCUT2D eigenvalue weighted by Crippen LogP contribution is -2.49. The average molecular weight is 455 g/mol. The normalized spacial score (nSPS) is 14.1. The molecule has 34 heavy (non-hydrogen) atoms. The molecule has 1 saturated heterocycles. The van der Waals surface area contributed by atoms with Crippen molar-refractivity contribution in [3.05, 3.63) is 77.7 Å². The molecule has 4 aromatic rings. The summed E-state index contributed by atoms with van der Waals surface area (Å²) in [6, 6.07) is 20.1. The topological polar surface area (TPSA) is 67.2 Å². The zero-order valence-corrected chi connectivity index (χ0v) is 19.8. The average Bonchev–Trinajstić information content (AvgIpc) is 3.21. The van der Waals surface area contributed by atoms with E-state index in [1.165, 1.54) is 0 Å². The van der Waals surface area contributed by atoms with Crippen LogP contribution in [-0.2, 0) is 17.6 Å². The summed E-state index contributed by atoms with van der Waals surface area (Å²) in [5.74, 6) is 1.95. The highest BCUT2D eigenvalue weighted by Crippen LogP contribution is 2.30. The summed E-state index contributed by atoms with van der Waals surface area (Å²) in [5, 5.41) is 5.82. The minimum absolute atomic E-state index is 0.179. The van der Waals surface area contributed by atoms with Gasteiger partial charge in [0.2, 0.25) is 5.91 Å². The Morgan fingerprint density at radius 2 is 1.59 bits per heavy atom. The van der Waals surface area contributed by atoms with E-state index in [-0.39, 0.29) is 5.91 Å². The van der Waals surface area contributed by atoms with Gasteiger partial charge in [-0.1, -0.05) is 55.5 Å². The number of rotatable bonds is 6. The molecule has 0 spiro atoms. The van der Waals surface area contributed by atoms with E-state index < -0.39 is 0 Å². The van der Waals surface area contributed by atoms with Gasteiger partial charge in [-0.15, -0.1) is 0 Å². The molecule has 1 aliphatic rings. The maximum Gasteiger partial charge on any atom is 0.227 e. The number of benzene rings is 2. The minimum Gasteiger partial charge on any atom is -0.352 e. The minimum atomic E-state index is 0.179. The summed E-state index contributed by atoms with van der Waals surface area (Å²) < 4.78 is 1.93. The van der Waals surface area contributed by atoms with E-state index in [9.17, 15) is 4.79 Å². The van der Waals surface area contributed by atoms with E-state index in [0.29, 0.717) is 19.5 Å². The van der Waals surface area contributed by atoms with Crippen molar-refractivity contribution in [2.45, 2.75) is 33.1 Å². The SMILES string of the molecule is CCCc1nc(N2CCN(C(=O)Cc3ccccc3)CC2)c2c(C)nn(-c3ccccc3)c2n1. The predicted octanol–water partition coefficient (Wildman–Crippen LogP) is 3.97. The first-order valence-electron chi connectivity index (χ1n) is 12.0. The Hall–Kier alpha value is -3.74. The highest BCUT2D eigenvalue weighted by Gasteiger charge is 2.26. The number of piperazine rings is 1. The number of aromatic nitrogens is 4. The molecule has 0 unspecified atom stereocenters. The summed E-state index contributed by atoms with van der Waals surface area (Å²) in [6.45, 7) is 7.03. The fourth-order valence-corrected chi connectivity index (χ4v) is 4.57. The van der Waals surface area contributed by atoms with E-state index in [4.69, 9.17) is 15.1 Å². The van der Waals surface area contributed by atoms with Gasteiger partial charge in [0.25, 0.3) is 0 Å². The number of para-hydroxylation sites is 1. The lowest BCUT2D eigenvalue weighted by atomic mass is 10.1. The van der Waals surface area contributed by atoms with Gasteiger partial charge in [0.05, 0.1) is 23.2 Å². The van der Waals surface area contributed by atoms with Crippen molar-refractivity contribution in [3.8, 4) is 5.69 Å². The molecule has 0 saturated carbocycles. The molecule has 5 rings (SSSR count). The molecule has 7 heteroatoms. The third-order valence-electron chi connectivity index (χ3n) is 6.33. The van der Waals surface area contributed by atoms with Crippen molar-refractivity contribution in [1.29, 1.82) is 0 Å². The van der Waals surface area contributed by atoms with Gasteiger partial charge in [0.1, 0.15) is 11.6 Å². The van der Waals surface area contributed by atoms with Crippen LogP contribution >= 0.6 is 0 Å². The fourth-order valence-electron chi connectivity index (χ4n) is 4.57. The fraction of sp³-hybridized carbons (Fsp3) is 0.333. The third-order valence-corrected chi connectivity index (χ3v) is 6.33. The summed E-state index contributed by atoms with van der Waals surface area (Å²) >= 11 is 0. The van der Waals surface area contributed by atoms with Gasteiger partial charge in [0.15, 0.2) is 5.65 Å². The second kappa shape index (κ2) is 9.63. The molecular formula is C27H30N6O. The lowest BCUT2D eigenvalue weighted by molar-refractivity contribution is -0.130. The molecular weight excluding hydrogens is 424 g/mol. The number of aryl methyl sites for hydroxylation is 2. The van der Waals surface area contributed by atoms with Gasteiger partial charge in [-0.3, -0.25) is 4.79 Å². The number of carbonyl (C=O) groups excluding carboxylic acids is 1. The molecule has 7 nitrogen and oxygen atoms in total. The second-order valence-electron chi connectivity index (χ2n) is 8.78. The summed E-state index contributed by atoms with van der Waals surface area (Å²) in [7, 11) is 0. The van der Waals surface area contributed by atoms with Crippen LogP contribution < -0.4 is 4.90 Å². The molecule has 0 bridgehead atoms. The number of hydrogen-bond acceptors (Lipinski definition) is 5. The van der Waals surface area contributed by atoms with Gasteiger partial charge in [-0.25, -0.2) is 14.6 Å². The standard InChI is InChI=1S/C27H30N6O/c1-3-10-23-28-26(25-20(2)30-33(27(25)29-23)22-13-8-5-9-14-22)32-17-15-31(16-18-32)24(34)19-21-11-6-4-7-12-21/h4-9,11-14H,3,10,15-19H2,1-2H3. The Morgan fingerprint density at radius 3 is 2.26 bits per heavy atom. The zero-order chi connectivity index (χ0) is 23.5. The van der Waals surface area contributed by atoms with Crippen LogP contribution in [0.2, 0.25) is 0 Å². The van der Waals surface area contributed by atoms with Crippen molar-refractivity contribution in [2.24, 2.45) is 0 Å². The third kappa shape index (κ3) is 4.38. The van der Waals surface area contributed by atoms with Crippen molar-refractivity contribution in [3.63, 3.8) is 0 Å². The maximum atomic E-state index is 12.8. The van der Waals surface area contributed by atoms with Gasteiger partial charge in [-0.2, -0.15) is 5.10 Å². The van der Waals surface area contributed by atoms with Crippen LogP contribution in [0.15, 0.2) is 60.7 Å². The molecule has 1 fully saturated rings. The Bertz CT molecular complexity index is 1280. The number of anilines is 1. The number of carbonyl (C=O) groups is 1. The Balaban J connectivity index is 1.42. The predicted molar refractivity (Wildman–Crippen MR) is 134 cm³/mol. The lowest BCUT2D eigenvalue weighted by Gasteiger charge is -2.36. The van der Waals surface area contributed by atoms with E-state index in [0.717, 1.165) is 65.6 Å². The smallest absolute Gasteiger partial charge is 0.227 e. The van der Waals surface area contributed by atoms with E-state index in [1.807, 2.05) is 77.2 Å². The van der Waals surface area contributed by atoms with Gasteiger partial charge >= 0.3 is 0 Å². The number of amides is 1. The van der Waals surface area contributed by atoms with Crippen LogP contribution in [0.25, 0.3) is 16.7 Å². The van der Waals surface area contributed by atoms with E-state index >= 15 is 0 Å². The van der Waals surface area contributed by atoms with E-state index in [1.54, 1.807) is 0 Å². The van der Waals surface area contributed by atoms with Gasteiger partial charge in [0, 0.05) is 32.6 Å². The number of hydrogen-bond donors (Lipinski definition) is 0. The summed E-state index contributed by atoms with van der Waals surface area (Å²) in [5.41, 5.74) is 3.81. The Labute approximate surface area is 200 Å². The molecule has 0 atom stereocenters. The molecule has 1 amide bonds. The van der Waals surface area contributed by atoms with Crippen molar-refractivity contribution in [2.75, 3.05) is 31.1 Å². The Morgan fingerprint density at radius 1 is 0.912 bits per heavy atom. The largest absolute Gasteiger partial charge is 0.352 e. The molecule has 0 aliphatic carbocycles. The number of nitrogens with zero attached hydrogens (tertiary/aromatic N) is 6. The summed E-state index contributed by atoms with van der Waals surface area (Å²) in [4.78, 5) is 27.0. The second-order valence-corrected chi connectivity index (χ2v) is 8.78. The molecule has 3 heterocycles. The molecule has 2 aromatic carbocycles. The number of fused-ring (bicyclic) bond motifs is 1. The first-order valence-corrected chi connectivity index (χ1v) is 12.0. The molecule has 1 aliphatic heterocycles. The Kier molecular flexibility index (Phi) is 6.25. The first kappa shape index (κ1) is 22.1. The van der Waals surface area contributed by atoms with Crippen LogP contribution in [-0.4, -0.2) is 56.7 Å². The summed E-state index contributed by atoms with van der Waals surface area (Å²) in [6.07, 6.45) is 2.24. The molecule has 0 radical (unpaired) electrons. The van der Waals surface area contributed by atoms with Crippen LogP contribution in [0.5, 0.6) is 0 Å². The zero-order valence-electron chi connectivity index (χ0n) is 19.8. The van der Waals surface area contributed by atoms with Crippen LogP contribution in [0.3, 0.4) is 0 Å². The first-order chi connectivity index (χ1) is 16.6.